The Kier molecular flexibility index (Phi) is 7.41. The molecule has 2 aromatic carbocycles. The smallest absolute Gasteiger partial charge is 0.339 e. The molecular weight excluding hydrogens is 454 g/mol. The van der Waals surface area contributed by atoms with E-state index >= 15 is 0 Å². The molecule has 1 aliphatic heterocycles. The van der Waals surface area contributed by atoms with Gasteiger partial charge in [-0.25, -0.2) is 13.2 Å². The molecule has 1 aliphatic rings. The van der Waals surface area contributed by atoms with Crippen LogP contribution < -0.4 is 5.32 Å². The monoisotopic (exact) mass is 477 g/mol. The van der Waals surface area contributed by atoms with E-state index in [-0.39, 0.29) is 29.2 Å². The summed E-state index contributed by atoms with van der Waals surface area (Å²) < 4.78 is 37.5. The summed E-state index contributed by atoms with van der Waals surface area (Å²) in [5, 5.41) is 13.2. The molecule has 1 saturated heterocycles. The molecule has 0 bridgehead atoms. The molecule has 0 aliphatic carbocycles. The van der Waals surface area contributed by atoms with E-state index in [0.29, 0.717) is 24.5 Å². The third-order valence-corrected chi connectivity index (χ3v) is 6.93. The van der Waals surface area contributed by atoms with Gasteiger partial charge in [0.05, 0.1) is 28.6 Å². The number of non-ortho nitro benzene ring substituents is 1. The van der Waals surface area contributed by atoms with E-state index in [2.05, 4.69) is 5.32 Å². The van der Waals surface area contributed by atoms with Crippen molar-refractivity contribution >= 4 is 33.3 Å². The molecule has 1 atom stereocenters. The number of sulfonamides is 1. The fraction of sp³-hybridized carbons (Fsp3) is 0.333. The molecule has 0 saturated carbocycles. The van der Waals surface area contributed by atoms with Gasteiger partial charge in [0.15, 0.2) is 6.10 Å². The molecule has 176 valence electrons. The molecule has 11 nitrogen and oxygen atoms in total. The lowest BCUT2D eigenvalue weighted by Gasteiger charge is -2.26. The number of carbonyl (C=O) groups excluding carboxylic acids is 2. The van der Waals surface area contributed by atoms with E-state index in [0.717, 1.165) is 0 Å². The quantitative estimate of drug-likeness (QED) is 0.363. The number of morpholine rings is 1. The summed E-state index contributed by atoms with van der Waals surface area (Å²) in [6, 6.07) is 9.34. The number of benzene rings is 2. The number of aryl methyl sites for hydroxylation is 1. The number of esters is 1. The van der Waals surface area contributed by atoms with Crippen LogP contribution in [0.3, 0.4) is 0 Å². The maximum absolute atomic E-state index is 12.9. The van der Waals surface area contributed by atoms with Crippen molar-refractivity contribution in [3.63, 3.8) is 0 Å². The normalized spacial score (nSPS) is 15.5. The van der Waals surface area contributed by atoms with Gasteiger partial charge in [-0.3, -0.25) is 14.9 Å². The third-order valence-electron chi connectivity index (χ3n) is 5.04. The van der Waals surface area contributed by atoms with Gasteiger partial charge >= 0.3 is 5.97 Å². The fourth-order valence-electron chi connectivity index (χ4n) is 3.11. The molecule has 1 unspecified atom stereocenters. The Morgan fingerprint density at radius 3 is 2.39 bits per heavy atom. The zero-order valence-electron chi connectivity index (χ0n) is 18.0. The predicted octanol–water partition coefficient (Wildman–Crippen LogP) is 2.11. The van der Waals surface area contributed by atoms with Crippen LogP contribution in [0, 0.1) is 17.0 Å². The standard InChI is InChI=1S/C21H23N3O8S/c1-14-3-8-18(33(29,30)23-9-11-31-12-10-23)13-19(14)21(26)32-15(2)20(25)22-16-4-6-17(7-5-16)24(27)28/h3-8,13,15H,9-12H2,1-2H3,(H,22,25). The molecule has 2 aromatic rings. The second-order valence-corrected chi connectivity index (χ2v) is 9.27. The number of nitro benzene ring substituents is 1. The average Bonchev–Trinajstić information content (AvgIpc) is 2.80. The van der Waals surface area contributed by atoms with Crippen molar-refractivity contribution in [3.05, 3.63) is 63.7 Å². The van der Waals surface area contributed by atoms with Crippen molar-refractivity contribution in [1.82, 2.24) is 4.31 Å². The van der Waals surface area contributed by atoms with Crippen molar-refractivity contribution in [2.75, 3.05) is 31.6 Å². The maximum Gasteiger partial charge on any atom is 0.339 e. The lowest BCUT2D eigenvalue weighted by atomic mass is 10.1. The molecule has 3 rings (SSSR count). The maximum atomic E-state index is 12.9. The molecule has 1 heterocycles. The van der Waals surface area contributed by atoms with Gasteiger partial charge in [-0.2, -0.15) is 4.31 Å². The highest BCUT2D eigenvalue weighted by Crippen LogP contribution is 2.22. The summed E-state index contributed by atoms with van der Waals surface area (Å²) >= 11 is 0. The molecule has 0 spiro atoms. The van der Waals surface area contributed by atoms with Gasteiger partial charge in [-0.05, 0) is 43.7 Å². The van der Waals surface area contributed by atoms with Crippen LogP contribution in [-0.4, -0.2) is 61.9 Å². The Labute approximate surface area is 190 Å². The van der Waals surface area contributed by atoms with E-state index in [9.17, 15) is 28.1 Å². The van der Waals surface area contributed by atoms with Gasteiger partial charge in [-0.15, -0.1) is 0 Å². The minimum Gasteiger partial charge on any atom is -0.449 e. The summed E-state index contributed by atoms with van der Waals surface area (Å²) in [4.78, 5) is 35.2. The average molecular weight is 477 g/mol. The van der Waals surface area contributed by atoms with Crippen molar-refractivity contribution in [2.45, 2.75) is 24.8 Å². The number of anilines is 1. The summed E-state index contributed by atoms with van der Waals surface area (Å²) in [7, 11) is -3.81. The van der Waals surface area contributed by atoms with Crippen molar-refractivity contribution < 1.29 is 32.4 Å². The van der Waals surface area contributed by atoms with Gasteiger partial charge in [0, 0.05) is 30.9 Å². The Bertz CT molecular complexity index is 1160. The third kappa shape index (κ3) is 5.72. The van der Waals surface area contributed by atoms with Crippen molar-refractivity contribution in [1.29, 1.82) is 0 Å². The molecule has 0 aromatic heterocycles. The number of hydrogen-bond acceptors (Lipinski definition) is 8. The Morgan fingerprint density at radius 1 is 1.15 bits per heavy atom. The van der Waals surface area contributed by atoms with E-state index < -0.39 is 32.9 Å². The van der Waals surface area contributed by atoms with Gasteiger partial charge in [0.25, 0.3) is 11.6 Å². The molecule has 12 heteroatoms. The second-order valence-electron chi connectivity index (χ2n) is 7.33. The zero-order chi connectivity index (χ0) is 24.2. The number of nitrogens with one attached hydrogen (secondary N) is 1. The number of rotatable bonds is 7. The molecule has 1 fully saturated rings. The Morgan fingerprint density at radius 2 is 1.79 bits per heavy atom. The van der Waals surface area contributed by atoms with Gasteiger partial charge in [0.1, 0.15) is 0 Å². The van der Waals surface area contributed by atoms with Crippen molar-refractivity contribution in [2.24, 2.45) is 0 Å². The predicted molar refractivity (Wildman–Crippen MR) is 117 cm³/mol. The molecule has 0 radical (unpaired) electrons. The Balaban J connectivity index is 1.70. The van der Waals surface area contributed by atoms with Crippen LogP contribution in [-0.2, 0) is 24.3 Å². The van der Waals surface area contributed by atoms with Gasteiger partial charge < -0.3 is 14.8 Å². The highest BCUT2D eigenvalue weighted by molar-refractivity contribution is 7.89. The molecule has 1 amide bonds. The van der Waals surface area contributed by atoms with Crippen LogP contribution >= 0.6 is 0 Å². The first-order valence-electron chi connectivity index (χ1n) is 10.0. The Hall–Kier alpha value is -3.35. The van der Waals surface area contributed by atoms with E-state index in [1.165, 1.54) is 53.7 Å². The molecule has 1 N–H and O–H groups in total. The summed E-state index contributed by atoms with van der Waals surface area (Å²) in [5.41, 5.74) is 0.682. The number of ether oxygens (including phenoxy) is 2. The second kappa shape index (κ2) is 10.1. The van der Waals surface area contributed by atoms with Crippen LogP contribution in [0.15, 0.2) is 47.4 Å². The summed E-state index contributed by atoms with van der Waals surface area (Å²) in [6.45, 7) is 4.01. The highest BCUT2D eigenvalue weighted by Gasteiger charge is 2.28. The van der Waals surface area contributed by atoms with Gasteiger partial charge in [0.2, 0.25) is 10.0 Å². The van der Waals surface area contributed by atoms with Crippen LogP contribution in [0.25, 0.3) is 0 Å². The fourth-order valence-corrected chi connectivity index (χ4v) is 4.54. The lowest BCUT2D eigenvalue weighted by Crippen LogP contribution is -2.40. The van der Waals surface area contributed by atoms with E-state index in [4.69, 9.17) is 9.47 Å². The zero-order valence-corrected chi connectivity index (χ0v) is 18.8. The van der Waals surface area contributed by atoms with Gasteiger partial charge in [-0.1, -0.05) is 6.07 Å². The minimum absolute atomic E-state index is 0.0271. The van der Waals surface area contributed by atoms with E-state index in [1.807, 2.05) is 0 Å². The number of amides is 1. The van der Waals surface area contributed by atoms with Crippen molar-refractivity contribution in [3.8, 4) is 0 Å². The SMILES string of the molecule is Cc1ccc(S(=O)(=O)N2CCOCC2)cc1C(=O)OC(C)C(=O)Nc1ccc([N+](=O)[O-])cc1. The number of nitro groups is 1. The topological polar surface area (TPSA) is 145 Å². The van der Waals surface area contributed by atoms with Crippen LogP contribution in [0.1, 0.15) is 22.8 Å². The summed E-state index contributed by atoms with van der Waals surface area (Å²) in [5.74, 6) is -1.50. The molecular formula is C21H23N3O8S. The number of nitrogens with zero attached hydrogens (tertiary/aromatic N) is 2. The van der Waals surface area contributed by atoms with Crippen LogP contribution in [0.4, 0.5) is 11.4 Å². The first kappa shape index (κ1) is 24.3. The number of carbonyl (C=O) groups is 2. The highest BCUT2D eigenvalue weighted by atomic mass is 32.2. The molecule has 33 heavy (non-hydrogen) atoms. The minimum atomic E-state index is -3.81. The summed E-state index contributed by atoms with van der Waals surface area (Å²) in [6.07, 6.45) is -1.20. The first-order chi connectivity index (χ1) is 15.6. The lowest BCUT2D eigenvalue weighted by molar-refractivity contribution is -0.384. The van der Waals surface area contributed by atoms with Crippen LogP contribution in [0.2, 0.25) is 0 Å². The van der Waals surface area contributed by atoms with Crippen LogP contribution in [0.5, 0.6) is 0 Å². The largest absolute Gasteiger partial charge is 0.449 e. The number of hydrogen-bond donors (Lipinski definition) is 1. The first-order valence-corrected chi connectivity index (χ1v) is 11.5. The van der Waals surface area contributed by atoms with E-state index in [1.54, 1.807) is 6.92 Å².